The molecule has 0 aliphatic rings. The minimum atomic E-state index is -0.290. The highest BCUT2D eigenvalue weighted by molar-refractivity contribution is 6.10. The Morgan fingerprint density at radius 3 is 2.33 bits per heavy atom. The SMILES string of the molecule is COc1cc(NC(=O)c2cc3ccc4ccc(C)[nH]c4c3n2)cc(OC)c1. The van der Waals surface area contributed by atoms with E-state index in [1.165, 1.54) is 0 Å². The molecule has 0 saturated carbocycles. The molecule has 27 heavy (non-hydrogen) atoms. The molecule has 2 heterocycles. The number of aryl methyl sites for hydroxylation is 1. The molecular formula is C21H19N3O3. The molecule has 4 rings (SSSR count). The van der Waals surface area contributed by atoms with E-state index >= 15 is 0 Å². The second kappa shape index (κ2) is 6.64. The number of pyridine rings is 1. The van der Waals surface area contributed by atoms with Crippen LogP contribution in [0.25, 0.3) is 21.8 Å². The third-order valence-electron chi connectivity index (χ3n) is 4.44. The number of methoxy groups -OCH3 is 2. The van der Waals surface area contributed by atoms with Gasteiger partial charge in [0.1, 0.15) is 17.2 Å². The Bertz CT molecular complexity index is 1140. The second-order valence-electron chi connectivity index (χ2n) is 6.31. The van der Waals surface area contributed by atoms with Crippen molar-refractivity contribution in [1.82, 2.24) is 9.97 Å². The predicted octanol–water partition coefficient (Wildman–Crippen LogP) is 4.29. The Balaban J connectivity index is 1.71. The average molecular weight is 361 g/mol. The van der Waals surface area contributed by atoms with E-state index in [0.717, 1.165) is 27.5 Å². The van der Waals surface area contributed by atoms with Crippen molar-refractivity contribution < 1.29 is 14.3 Å². The number of nitrogens with zero attached hydrogens (tertiary/aromatic N) is 1. The lowest BCUT2D eigenvalue weighted by Gasteiger charge is -2.09. The third kappa shape index (κ3) is 3.17. The van der Waals surface area contributed by atoms with Crippen LogP contribution < -0.4 is 14.8 Å². The molecule has 2 N–H and O–H groups in total. The molecule has 0 unspecified atom stereocenters. The highest BCUT2D eigenvalue weighted by Crippen LogP contribution is 2.27. The molecule has 0 atom stereocenters. The highest BCUT2D eigenvalue weighted by atomic mass is 16.5. The van der Waals surface area contributed by atoms with Crippen LogP contribution in [0.1, 0.15) is 16.2 Å². The number of anilines is 1. The number of carbonyl (C=O) groups is 1. The second-order valence-corrected chi connectivity index (χ2v) is 6.31. The fourth-order valence-corrected chi connectivity index (χ4v) is 3.07. The van der Waals surface area contributed by atoms with Gasteiger partial charge in [0.15, 0.2) is 0 Å². The number of nitrogens with one attached hydrogen (secondary N) is 2. The topological polar surface area (TPSA) is 76.2 Å². The Labute approximate surface area is 156 Å². The number of hydrogen-bond acceptors (Lipinski definition) is 4. The molecule has 2 aromatic carbocycles. The number of carbonyl (C=O) groups excluding carboxylic acids is 1. The summed E-state index contributed by atoms with van der Waals surface area (Å²) in [5.41, 5.74) is 3.68. The van der Waals surface area contributed by atoms with Crippen LogP contribution in [0.5, 0.6) is 11.5 Å². The van der Waals surface area contributed by atoms with Gasteiger partial charge in [-0.05, 0) is 19.1 Å². The van der Waals surface area contributed by atoms with Gasteiger partial charge in [-0.1, -0.05) is 18.2 Å². The molecule has 0 aliphatic carbocycles. The van der Waals surface area contributed by atoms with Crippen LogP contribution in [0, 0.1) is 6.92 Å². The van der Waals surface area contributed by atoms with Gasteiger partial charge in [0.25, 0.3) is 5.91 Å². The zero-order valence-corrected chi connectivity index (χ0v) is 15.3. The first-order chi connectivity index (χ1) is 13.1. The van der Waals surface area contributed by atoms with Crippen molar-refractivity contribution in [2.75, 3.05) is 19.5 Å². The number of ether oxygens (including phenoxy) is 2. The van der Waals surface area contributed by atoms with Gasteiger partial charge >= 0.3 is 0 Å². The maximum Gasteiger partial charge on any atom is 0.274 e. The minimum absolute atomic E-state index is 0.290. The largest absolute Gasteiger partial charge is 0.497 e. The van der Waals surface area contributed by atoms with E-state index in [2.05, 4.69) is 15.3 Å². The summed E-state index contributed by atoms with van der Waals surface area (Å²) in [6, 6.07) is 15.0. The number of aromatic amines is 1. The van der Waals surface area contributed by atoms with Crippen LogP contribution >= 0.6 is 0 Å². The lowest BCUT2D eigenvalue weighted by Crippen LogP contribution is -2.12. The quantitative estimate of drug-likeness (QED) is 0.568. The monoisotopic (exact) mass is 361 g/mol. The predicted molar refractivity (Wildman–Crippen MR) is 106 cm³/mol. The van der Waals surface area contributed by atoms with E-state index in [1.807, 2.05) is 31.2 Å². The number of aromatic nitrogens is 2. The summed E-state index contributed by atoms with van der Waals surface area (Å²) in [6.07, 6.45) is 0. The van der Waals surface area contributed by atoms with E-state index < -0.39 is 0 Å². The van der Waals surface area contributed by atoms with Crippen LogP contribution in [0.2, 0.25) is 0 Å². The van der Waals surface area contributed by atoms with Crippen molar-refractivity contribution in [2.45, 2.75) is 6.92 Å². The summed E-state index contributed by atoms with van der Waals surface area (Å²) < 4.78 is 10.5. The Morgan fingerprint density at radius 2 is 1.63 bits per heavy atom. The van der Waals surface area contributed by atoms with Gasteiger partial charge in [-0.15, -0.1) is 0 Å². The molecule has 0 radical (unpaired) electrons. The number of fused-ring (bicyclic) bond motifs is 3. The molecule has 0 bridgehead atoms. The first kappa shape index (κ1) is 16.9. The van der Waals surface area contributed by atoms with E-state index in [0.29, 0.717) is 22.9 Å². The standard InChI is InChI=1S/C21H19N3O3/c1-12-4-5-13-6-7-14-8-18(24-20(14)19(13)22-12)21(25)23-15-9-16(26-2)11-17(10-15)27-3/h4-11,22H,1-3H3,(H,23,25). The lowest BCUT2D eigenvalue weighted by molar-refractivity contribution is 0.102. The zero-order valence-electron chi connectivity index (χ0n) is 15.3. The molecule has 6 nitrogen and oxygen atoms in total. The van der Waals surface area contributed by atoms with E-state index in [-0.39, 0.29) is 5.91 Å². The summed E-state index contributed by atoms with van der Waals surface area (Å²) in [5, 5.41) is 4.82. The van der Waals surface area contributed by atoms with E-state index in [1.54, 1.807) is 38.5 Å². The van der Waals surface area contributed by atoms with Crippen molar-refractivity contribution in [2.24, 2.45) is 0 Å². The zero-order chi connectivity index (χ0) is 19.0. The number of amides is 1. The van der Waals surface area contributed by atoms with E-state index in [9.17, 15) is 4.79 Å². The smallest absolute Gasteiger partial charge is 0.274 e. The molecule has 0 fully saturated rings. The van der Waals surface area contributed by atoms with Crippen molar-refractivity contribution in [3.05, 3.63) is 59.9 Å². The summed E-state index contributed by atoms with van der Waals surface area (Å²) >= 11 is 0. The molecule has 0 saturated heterocycles. The maximum atomic E-state index is 12.7. The number of hydrogen-bond donors (Lipinski definition) is 2. The van der Waals surface area contributed by atoms with Gasteiger partial charge in [-0.3, -0.25) is 4.79 Å². The summed E-state index contributed by atoms with van der Waals surface area (Å²) in [4.78, 5) is 20.6. The van der Waals surface area contributed by atoms with Crippen molar-refractivity contribution in [3.8, 4) is 11.5 Å². The normalized spacial score (nSPS) is 10.9. The number of rotatable bonds is 4. The number of H-pyrrole nitrogens is 1. The molecule has 6 heteroatoms. The van der Waals surface area contributed by atoms with Gasteiger partial charge in [0, 0.05) is 40.4 Å². The Kier molecular flexibility index (Phi) is 4.16. The Hall–Kier alpha value is -3.54. The average Bonchev–Trinajstić information content (AvgIpc) is 3.12. The Morgan fingerprint density at radius 1 is 0.963 bits per heavy atom. The van der Waals surface area contributed by atoms with Crippen LogP contribution in [0.3, 0.4) is 0 Å². The van der Waals surface area contributed by atoms with Crippen LogP contribution in [0.4, 0.5) is 5.69 Å². The molecule has 136 valence electrons. The molecule has 0 aliphatic heterocycles. The summed E-state index contributed by atoms with van der Waals surface area (Å²) in [7, 11) is 3.13. The summed E-state index contributed by atoms with van der Waals surface area (Å²) in [5.74, 6) is 0.907. The first-order valence-corrected chi connectivity index (χ1v) is 8.51. The molecular weight excluding hydrogens is 342 g/mol. The van der Waals surface area contributed by atoms with Gasteiger partial charge in [-0.2, -0.15) is 0 Å². The fraction of sp³-hybridized carbons (Fsp3) is 0.143. The third-order valence-corrected chi connectivity index (χ3v) is 4.44. The van der Waals surface area contributed by atoms with E-state index in [4.69, 9.17) is 9.47 Å². The molecule has 1 amide bonds. The lowest BCUT2D eigenvalue weighted by atomic mass is 10.1. The van der Waals surface area contributed by atoms with Gasteiger partial charge in [0.2, 0.25) is 0 Å². The van der Waals surface area contributed by atoms with Gasteiger partial charge in [0.05, 0.1) is 25.3 Å². The first-order valence-electron chi connectivity index (χ1n) is 8.51. The molecule has 0 spiro atoms. The van der Waals surface area contributed by atoms with Crippen LogP contribution in [-0.2, 0) is 0 Å². The number of benzene rings is 2. The van der Waals surface area contributed by atoms with Crippen molar-refractivity contribution in [3.63, 3.8) is 0 Å². The van der Waals surface area contributed by atoms with Crippen LogP contribution in [-0.4, -0.2) is 30.1 Å². The van der Waals surface area contributed by atoms with Gasteiger partial charge < -0.3 is 19.8 Å². The van der Waals surface area contributed by atoms with Crippen molar-refractivity contribution >= 4 is 33.4 Å². The van der Waals surface area contributed by atoms with Crippen molar-refractivity contribution in [1.29, 1.82) is 0 Å². The van der Waals surface area contributed by atoms with Gasteiger partial charge in [-0.25, -0.2) is 4.98 Å². The highest BCUT2D eigenvalue weighted by Gasteiger charge is 2.14. The fourth-order valence-electron chi connectivity index (χ4n) is 3.07. The van der Waals surface area contributed by atoms with Crippen LogP contribution in [0.15, 0.2) is 48.5 Å². The minimum Gasteiger partial charge on any atom is -0.497 e. The molecule has 2 aromatic heterocycles. The summed E-state index contributed by atoms with van der Waals surface area (Å²) in [6.45, 7) is 1.99. The molecule has 4 aromatic rings. The maximum absolute atomic E-state index is 12.7.